The number of nitrogens with one attached hydrogen (secondary N) is 2. The number of hydrogen-bond acceptors (Lipinski definition) is 3. The van der Waals surface area contributed by atoms with Gasteiger partial charge < -0.3 is 15.4 Å². The monoisotopic (exact) mass is 335 g/mol. The van der Waals surface area contributed by atoms with Gasteiger partial charge in [-0.25, -0.2) is 4.79 Å². The summed E-state index contributed by atoms with van der Waals surface area (Å²) in [4.78, 5) is 12.3. The van der Waals surface area contributed by atoms with E-state index < -0.39 is 0 Å². The van der Waals surface area contributed by atoms with Crippen LogP contribution in [-0.2, 0) is 0 Å². The van der Waals surface area contributed by atoms with Crippen LogP contribution in [0.15, 0.2) is 48.5 Å². The summed E-state index contributed by atoms with van der Waals surface area (Å²) in [6, 6.07) is 16.8. The number of benzene rings is 2. The van der Waals surface area contributed by atoms with Crippen molar-refractivity contribution in [3.8, 4) is 11.8 Å². The fraction of sp³-hybridized carbons (Fsp3) is 0.300. The molecule has 5 heteroatoms. The van der Waals surface area contributed by atoms with E-state index in [4.69, 9.17) is 10.00 Å². The Labute approximate surface area is 147 Å². The van der Waals surface area contributed by atoms with E-state index in [-0.39, 0.29) is 24.0 Å². The number of ether oxygens (including phenoxy) is 1. The maximum Gasteiger partial charge on any atom is 0.315 e. The number of amides is 2. The van der Waals surface area contributed by atoms with Gasteiger partial charge in [-0.3, -0.25) is 0 Å². The van der Waals surface area contributed by atoms with Crippen molar-refractivity contribution in [3.63, 3.8) is 0 Å². The van der Waals surface area contributed by atoms with Gasteiger partial charge >= 0.3 is 6.03 Å². The first-order valence-corrected chi connectivity index (χ1v) is 8.37. The average Bonchev–Trinajstić information content (AvgIpc) is 3.06. The predicted octanol–water partition coefficient (Wildman–Crippen LogP) is 3.48. The highest BCUT2D eigenvalue weighted by atomic mass is 16.5. The predicted molar refractivity (Wildman–Crippen MR) is 95.4 cm³/mol. The molecule has 0 unspecified atom stereocenters. The SMILES string of the molecule is C[C@H](NC(=O)N[C@H](C)[C@@H]1COc2ccccc21)c1ccc(C#N)cc1. The first-order valence-electron chi connectivity index (χ1n) is 8.37. The summed E-state index contributed by atoms with van der Waals surface area (Å²) >= 11 is 0. The molecule has 2 amide bonds. The number of hydrogen-bond donors (Lipinski definition) is 2. The Morgan fingerprint density at radius 1 is 1.16 bits per heavy atom. The Morgan fingerprint density at radius 3 is 2.60 bits per heavy atom. The molecule has 5 nitrogen and oxygen atoms in total. The van der Waals surface area contributed by atoms with Crippen LogP contribution in [0.5, 0.6) is 5.75 Å². The second kappa shape index (κ2) is 7.27. The second-order valence-electron chi connectivity index (χ2n) is 6.32. The number of urea groups is 1. The fourth-order valence-corrected chi connectivity index (χ4v) is 3.08. The molecule has 0 saturated carbocycles. The van der Waals surface area contributed by atoms with Gasteiger partial charge in [-0.15, -0.1) is 0 Å². The van der Waals surface area contributed by atoms with Crippen LogP contribution in [0.4, 0.5) is 4.79 Å². The van der Waals surface area contributed by atoms with Gasteiger partial charge in [0, 0.05) is 17.5 Å². The van der Waals surface area contributed by atoms with E-state index >= 15 is 0 Å². The van der Waals surface area contributed by atoms with E-state index in [1.807, 2.05) is 50.2 Å². The van der Waals surface area contributed by atoms with Crippen LogP contribution < -0.4 is 15.4 Å². The number of rotatable bonds is 4. The molecule has 2 N–H and O–H groups in total. The largest absolute Gasteiger partial charge is 0.493 e. The van der Waals surface area contributed by atoms with E-state index in [0.29, 0.717) is 12.2 Å². The lowest BCUT2D eigenvalue weighted by Gasteiger charge is -2.22. The average molecular weight is 335 g/mol. The van der Waals surface area contributed by atoms with Crippen LogP contribution >= 0.6 is 0 Å². The molecular formula is C20H21N3O2. The Bertz CT molecular complexity index is 795. The summed E-state index contributed by atoms with van der Waals surface area (Å²) in [5, 5.41) is 14.8. The van der Waals surface area contributed by atoms with Crippen molar-refractivity contribution >= 4 is 6.03 Å². The van der Waals surface area contributed by atoms with Gasteiger partial charge in [-0.05, 0) is 37.6 Å². The first kappa shape index (κ1) is 16.8. The molecule has 0 fully saturated rings. The molecule has 1 heterocycles. The Kier molecular flexibility index (Phi) is 4.90. The second-order valence-corrected chi connectivity index (χ2v) is 6.32. The third-order valence-electron chi connectivity index (χ3n) is 4.59. The van der Waals surface area contributed by atoms with Crippen molar-refractivity contribution in [1.29, 1.82) is 5.26 Å². The quantitative estimate of drug-likeness (QED) is 0.898. The molecule has 25 heavy (non-hydrogen) atoms. The van der Waals surface area contributed by atoms with Gasteiger partial charge in [0.25, 0.3) is 0 Å². The van der Waals surface area contributed by atoms with Gasteiger partial charge in [-0.1, -0.05) is 30.3 Å². The fourth-order valence-electron chi connectivity index (χ4n) is 3.08. The Morgan fingerprint density at radius 2 is 1.88 bits per heavy atom. The summed E-state index contributed by atoms with van der Waals surface area (Å²) in [6.07, 6.45) is 0. The lowest BCUT2D eigenvalue weighted by Crippen LogP contribution is -2.44. The summed E-state index contributed by atoms with van der Waals surface area (Å²) in [5.74, 6) is 1.04. The highest BCUT2D eigenvalue weighted by Gasteiger charge is 2.29. The zero-order valence-corrected chi connectivity index (χ0v) is 14.3. The highest BCUT2D eigenvalue weighted by molar-refractivity contribution is 5.75. The molecule has 0 saturated heterocycles. The van der Waals surface area contributed by atoms with Crippen molar-refractivity contribution in [2.75, 3.05) is 6.61 Å². The van der Waals surface area contributed by atoms with Crippen LogP contribution in [0.2, 0.25) is 0 Å². The molecule has 0 aliphatic carbocycles. The van der Waals surface area contributed by atoms with Crippen molar-refractivity contribution in [3.05, 3.63) is 65.2 Å². The molecule has 2 aromatic rings. The summed E-state index contributed by atoms with van der Waals surface area (Å²) < 4.78 is 5.69. The molecule has 0 aromatic heterocycles. The summed E-state index contributed by atoms with van der Waals surface area (Å²) in [7, 11) is 0. The molecule has 3 atom stereocenters. The number of para-hydroxylation sites is 1. The minimum atomic E-state index is -0.214. The minimum absolute atomic E-state index is 0.0446. The first-order chi connectivity index (χ1) is 12.1. The number of nitriles is 1. The van der Waals surface area contributed by atoms with E-state index in [1.165, 1.54) is 0 Å². The zero-order chi connectivity index (χ0) is 17.8. The van der Waals surface area contributed by atoms with E-state index in [9.17, 15) is 4.79 Å². The van der Waals surface area contributed by atoms with Crippen molar-refractivity contribution < 1.29 is 9.53 Å². The van der Waals surface area contributed by atoms with Gasteiger partial charge in [0.15, 0.2) is 0 Å². The summed E-state index contributed by atoms with van der Waals surface area (Å²) in [5.41, 5.74) is 2.70. The van der Waals surface area contributed by atoms with Gasteiger partial charge in [0.05, 0.1) is 24.3 Å². The number of carbonyl (C=O) groups is 1. The molecule has 128 valence electrons. The highest BCUT2D eigenvalue weighted by Crippen LogP contribution is 2.35. The van der Waals surface area contributed by atoms with E-state index in [1.54, 1.807) is 12.1 Å². The maximum absolute atomic E-state index is 12.3. The van der Waals surface area contributed by atoms with Crippen LogP contribution in [0.25, 0.3) is 0 Å². The molecular weight excluding hydrogens is 314 g/mol. The van der Waals surface area contributed by atoms with Crippen LogP contribution in [0.1, 0.15) is 42.5 Å². The molecule has 0 bridgehead atoms. The van der Waals surface area contributed by atoms with E-state index in [0.717, 1.165) is 16.9 Å². The maximum atomic E-state index is 12.3. The van der Waals surface area contributed by atoms with Gasteiger partial charge in [0.1, 0.15) is 5.75 Å². The standard InChI is InChI=1S/C20H21N3O2/c1-13(16-9-7-15(11-21)8-10-16)22-20(24)23-14(2)18-12-25-19-6-4-3-5-17(18)19/h3-10,13-14,18H,12H2,1-2H3,(H2,22,23,24)/t13-,14+,18-/m0/s1. The summed E-state index contributed by atoms with van der Waals surface area (Å²) in [6.45, 7) is 4.48. The van der Waals surface area contributed by atoms with Gasteiger partial charge in [-0.2, -0.15) is 5.26 Å². The molecule has 1 aliphatic rings. The molecule has 2 aromatic carbocycles. The van der Waals surface area contributed by atoms with Crippen molar-refractivity contribution in [2.45, 2.75) is 31.8 Å². The molecule has 0 spiro atoms. The normalized spacial score (nSPS) is 17.6. The number of fused-ring (bicyclic) bond motifs is 1. The zero-order valence-electron chi connectivity index (χ0n) is 14.3. The van der Waals surface area contributed by atoms with Crippen molar-refractivity contribution in [1.82, 2.24) is 10.6 Å². The third kappa shape index (κ3) is 3.74. The smallest absolute Gasteiger partial charge is 0.315 e. The lowest BCUT2D eigenvalue weighted by molar-refractivity contribution is 0.230. The Hall–Kier alpha value is -3.00. The van der Waals surface area contributed by atoms with Crippen LogP contribution in [-0.4, -0.2) is 18.7 Å². The van der Waals surface area contributed by atoms with Crippen LogP contribution in [0, 0.1) is 11.3 Å². The molecule has 1 aliphatic heterocycles. The van der Waals surface area contributed by atoms with Gasteiger partial charge in [0.2, 0.25) is 0 Å². The molecule has 3 rings (SSSR count). The minimum Gasteiger partial charge on any atom is -0.493 e. The van der Waals surface area contributed by atoms with Crippen LogP contribution in [0.3, 0.4) is 0 Å². The molecule has 0 radical (unpaired) electrons. The number of carbonyl (C=O) groups excluding carboxylic acids is 1. The van der Waals surface area contributed by atoms with Crippen molar-refractivity contribution in [2.24, 2.45) is 0 Å². The topological polar surface area (TPSA) is 74.2 Å². The lowest BCUT2D eigenvalue weighted by atomic mass is 9.94. The Balaban J connectivity index is 1.58. The van der Waals surface area contributed by atoms with E-state index in [2.05, 4.69) is 16.7 Å². The third-order valence-corrected chi connectivity index (χ3v) is 4.59. The number of nitrogens with zero attached hydrogens (tertiary/aromatic N) is 1.